The van der Waals surface area contributed by atoms with Crippen molar-refractivity contribution >= 4 is 21.5 Å². The summed E-state index contributed by atoms with van der Waals surface area (Å²) in [5.74, 6) is -0.709. The van der Waals surface area contributed by atoms with Gasteiger partial charge in [-0.25, -0.2) is 18.4 Å². The zero-order valence-corrected chi connectivity index (χ0v) is 13.7. The Labute approximate surface area is 139 Å². The second kappa shape index (κ2) is 7.54. The van der Waals surface area contributed by atoms with Crippen LogP contribution in [0, 0.1) is 5.21 Å². The molecule has 24 heavy (non-hydrogen) atoms. The van der Waals surface area contributed by atoms with E-state index in [4.69, 9.17) is 9.94 Å². The van der Waals surface area contributed by atoms with Gasteiger partial charge >= 0.3 is 5.97 Å². The minimum atomic E-state index is -3.61. The quantitative estimate of drug-likeness (QED) is 0.599. The number of sulfone groups is 1. The zero-order valence-electron chi connectivity index (χ0n) is 12.9. The standard InChI is InChI=1S/C16H17NO6S/c1-2-23-16(18)13-5-3-12(4-6-13)11-24(21,22)15-9-7-14(8-10-15)17(19)20/h3-10,17,19H,2,11H2,1H3. The van der Waals surface area contributed by atoms with Crippen LogP contribution < -0.4 is 5.23 Å². The topological polar surface area (TPSA) is 108 Å². The highest BCUT2D eigenvalue weighted by Crippen LogP contribution is 2.18. The lowest BCUT2D eigenvalue weighted by atomic mass is 10.1. The Morgan fingerprint density at radius 3 is 2.21 bits per heavy atom. The third-order valence-electron chi connectivity index (χ3n) is 3.28. The van der Waals surface area contributed by atoms with Gasteiger partial charge in [0.05, 0.1) is 22.8 Å². The van der Waals surface area contributed by atoms with Crippen LogP contribution in [0.25, 0.3) is 0 Å². The molecule has 0 saturated heterocycles. The van der Waals surface area contributed by atoms with Gasteiger partial charge in [0, 0.05) is 12.1 Å². The number of nitrogens with one attached hydrogen (secondary N) is 1. The van der Waals surface area contributed by atoms with Crippen LogP contribution in [-0.4, -0.2) is 26.2 Å². The van der Waals surface area contributed by atoms with E-state index in [1.54, 1.807) is 19.1 Å². The van der Waals surface area contributed by atoms with Crippen LogP contribution in [0.3, 0.4) is 0 Å². The molecule has 0 bridgehead atoms. The maximum absolute atomic E-state index is 12.4. The zero-order chi connectivity index (χ0) is 17.7. The second-order valence-corrected chi connectivity index (χ2v) is 7.00. The van der Waals surface area contributed by atoms with Crippen molar-refractivity contribution in [2.24, 2.45) is 0 Å². The van der Waals surface area contributed by atoms with Crippen LogP contribution in [0.1, 0.15) is 22.8 Å². The Hall–Kier alpha value is -2.26. The minimum absolute atomic E-state index is 0.0211. The van der Waals surface area contributed by atoms with Gasteiger partial charge in [0.2, 0.25) is 0 Å². The number of carbonyl (C=O) groups excluding carboxylic acids is 1. The highest BCUT2D eigenvalue weighted by molar-refractivity contribution is 7.90. The first-order valence-electron chi connectivity index (χ1n) is 7.15. The first kappa shape index (κ1) is 18.1. The summed E-state index contributed by atoms with van der Waals surface area (Å²) in [6, 6.07) is 11.2. The highest BCUT2D eigenvalue weighted by atomic mass is 32.2. The van der Waals surface area contributed by atoms with Crippen LogP contribution in [-0.2, 0) is 20.3 Å². The maximum atomic E-state index is 12.4. The number of hydrogen-bond donors (Lipinski definition) is 2. The molecule has 0 saturated carbocycles. The normalized spacial score (nSPS) is 12.6. The number of hydrogen-bond acceptors (Lipinski definition) is 6. The molecule has 2 aromatic rings. The average Bonchev–Trinajstić information content (AvgIpc) is 2.55. The van der Waals surface area contributed by atoms with Gasteiger partial charge in [-0.3, -0.25) is 0 Å². The van der Waals surface area contributed by atoms with E-state index in [1.807, 2.05) is 0 Å². The predicted molar refractivity (Wildman–Crippen MR) is 85.5 cm³/mol. The molecule has 2 rings (SSSR count). The Kier molecular flexibility index (Phi) is 5.68. The molecule has 1 unspecified atom stereocenters. The third kappa shape index (κ3) is 4.39. The fourth-order valence-electron chi connectivity index (χ4n) is 2.06. The molecule has 0 aliphatic carbocycles. The number of ether oxygens (including phenoxy) is 1. The number of esters is 1. The first-order chi connectivity index (χ1) is 11.3. The molecular formula is C16H17NO6S. The SMILES string of the molecule is CCOC(=O)c1ccc(CS(=O)(=O)c2ccc([NH+]([O-])O)cc2)cc1. The van der Waals surface area contributed by atoms with Crippen molar-refractivity contribution in [2.45, 2.75) is 17.6 Å². The van der Waals surface area contributed by atoms with Crippen LogP contribution in [0.5, 0.6) is 0 Å². The maximum Gasteiger partial charge on any atom is 0.338 e. The van der Waals surface area contributed by atoms with Crippen molar-refractivity contribution in [2.75, 3.05) is 6.61 Å². The van der Waals surface area contributed by atoms with E-state index in [0.29, 0.717) is 11.1 Å². The Bertz CT molecular complexity index is 797. The molecule has 8 heteroatoms. The highest BCUT2D eigenvalue weighted by Gasteiger charge is 2.16. The van der Waals surface area contributed by atoms with E-state index in [2.05, 4.69) is 0 Å². The van der Waals surface area contributed by atoms with Gasteiger partial charge in [-0.1, -0.05) is 12.1 Å². The van der Waals surface area contributed by atoms with Gasteiger partial charge in [0.1, 0.15) is 0 Å². The van der Waals surface area contributed by atoms with Crippen LogP contribution in [0.15, 0.2) is 53.4 Å². The van der Waals surface area contributed by atoms with Crippen molar-refractivity contribution in [3.8, 4) is 0 Å². The lowest BCUT2D eigenvalue weighted by Gasteiger charge is -2.12. The molecule has 1 atom stereocenters. The van der Waals surface area contributed by atoms with E-state index in [9.17, 15) is 18.4 Å². The summed E-state index contributed by atoms with van der Waals surface area (Å²) in [6.07, 6.45) is 0. The number of benzene rings is 2. The molecule has 7 nitrogen and oxygen atoms in total. The number of quaternary nitrogens is 1. The summed E-state index contributed by atoms with van der Waals surface area (Å²) in [5, 5.41) is 18.5. The Morgan fingerprint density at radius 2 is 1.71 bits per heavy atom. The lowest BCUT2D eigenvalue weighted by Crippen LogP contribution is -2.99. The van der Waals surface area contributed by atoms with E-state index in [-0.39, 0.29) is 22.9 Å². The largest absolute Gasteiger partial charge is 0.595 e. The number of carbonyl (C=O) groups is 1. The molecule has 0 radical (unpaired) electrons. The number of rotatable bonds is 6. The molecule has 128 valence electrons. The smallest absolute Gasteiger partial charge is 0.338 e. The Morgan fingerprint density at radius 1 is 1.12 bits per heavy atom. The average molecular weight is 351 g/mol. The van der Waals surface area contributed by atoms with Crippen LogP contribution >= 0.6 is 0 Å². The van der Waals surface area contributed by atoms with Crippen molar-refractivity contribution in [1.29, 1.82) is 0 Å². The van der Waals surface area contributed by atoms with E-state index in [1.165, 1.54) is 36.4 Å². The van der Waals surface area contributed by atoms with Gasteiger partial charge in [0.25, 0.3) is 0 Å². The molecule has 0 spiro atoms. The molecule has 2 aromatic carbocycles. The van der Waals surface area contributed by atoms with Gasteiger partial charge in [-0.05, 0) is 36.8 Å². The summed E-state index contributed by atoms with van der Waals surface area (Å²) < 4.78 is 29.6. The monoisotopic (exact) mass is 351 g/mol. The molecule has 0 aliphatic rings. The lowest BCUT2D eigenvalue weighted by molar-refractivity contribution is -0.991. The molecule has 2 N–H and O–H groups in total. The van der Waals surface area contributed by atoms with E-state index in [0.717, 1.165) is 0 Å². The fraction of sp³-hybridized carbons (Fsp3) is 0.188. The third-order valence-corrected chi connectivity index (χ3v) is 4.99. The molecular weight excluding hydrogens is 334 g/mol. The molecule has 0 fully saturated rings. The van der Waals surface area contributed by atoms with E-state index >= 15 is 0 Å². The van der Waals surface area contributed by atoms with Gasteiger partial charge < -0.3 is 9.94 Å². The summed E-state index contributed by atoms with van der Waals surface area (Å²) in [4.78, 5) is 11.6. The summed E-state index contributed by atoms with van der Waals surface area (Å²) in [5.41, 5.74) is 0.891. The van der Waals surface area contributed by atoms with Crippen LogP contribution in [0.4, 0.5) is 5.69 Å². The van der Waals surface area contributed by atoms with Crippen molar-refractivity contribution < 1.29 is 28.4 Å². The van der Waals surface area contributed by atoms with E-state index < -0.39 is 21.0 Å². The molecule has 0 heterocycles. The minimum Gasteiger partial charge on any atom is -0.595 e. The molecule has 0 aliphatic heterocycles. The first-order valence-corrected chi connectivity index (χ1v) is 8.81. The van der Waals surface area contributed by atoms with Gasteiger partial charge in [-0.2, -0.15) is 5.23 Å². The summed E-state index contributed by atoms with van der Waals surface area (Å²) in [6.45, 7) is 1.97. The van der Waals surface area contributed by atoms with Crippen molar-refractivity contribution in [3.05, 3.63) is 64.9 Å². The van der Waals surface area contributed by atoms with Gasteiger partial charge in [0.15, 0.2) is 15.5 Å². The van der Waals surface area contributed by atoms with Crippen LogP contribution in [0.2, 0.25) is 0 Å². The summed E-state index contributed by atoms with van der Waals surface area (Å²) >= 11 is 0. The van der Waals surface area contributed by atoms with Crippen molar-refractivity contribution in [3.63, 3.8) is 0 Å². The summed E-state index contributed by atoms with van der Waals surface area (Å²) in [7, 11) is -3.61. The Balaban J connectivity index is 2.15. The molecule has 0 amide bonds. The fourth-order valence-corrected chi connectivity index (χ4v) is 3.41. The van der Waals surface area contributed by atoms with Crippen molar-refractivity contribution in [1.82, 2.24) is 0 Å². The molecule has 0 aromatic heterocycles. The second-order valence-electron chi connectivity index (χ2n) is 5.01. The predicted octanol–water partition coefficient (Wildman–Crippen LogP) is 1.24. The van der Waals surface area contributed by atoms with Gasteiger partial charge in [-0.15, -0.1) is 0 Å².